The maximum atomic E-state index is 11.8. The predicted octanol–water partition coefficient (Wildman–Crippen LogP) is 0.824. The van der Waals surface area contributed by atoms with Crippen molar-refractivity contribution in [3.05, 3.63) is 35.9 Å². The molecule has 0 saturated heterocycles. The monoisotopic (exact) mass is 299 g/mol. The van der Waals surface area contributed by atoms with E-state index in [-0.39, 0.29) is 36.7 Å². The largest absolute Gasteiger partial charge is 0.350 e. The van der Waals surface area contributed by atoms with Crippen LogP contribution in [0.25, 0.3) is 0 Å². The van der Waals surface area contributed by atoms with Gasteiger partial charge in [-0.15, -0.1) is 12.4 Å². The van der Waals surface area contributed by atoms with Gasteiger partial charge in [0.1, 0.15) is 6.04 Å². The molecule has 4 N–H and O–H groups in total. The number of carbonyl (C=O) groups excluding carboxylic acids is 2. The summed E-state index contributed by atoms with van der Waals surface area (Å²) in [6.07, 6.45) is 0. The van der Waals surface area contributed by atoms with Crippen LogP contribution in [-0.4, -0.2) is 24.4 Å². The smallest absolute Gasteiger partial charge is 0.242 e. The Bertz CT molecular complexity index is 426. The molecular weight excluding hydrogens is 278 g/mol. The highest BCUT2D eigenvalue weighted by Gasteiger charge is 2.18. The summed E-state index contributed by atoms with van der Waals surface area (Å²) in [6, 6.07) is 9.04. The van der Waals surface area contributed by atoms with E-state index in [1.54, 1.807) is 13.8 Å². The Balaban J connectivity index is 0.00000361. The van der Waals surface area contributed by atoms with E-state index < -0.39 is 6.04 Å². The van der Waals surface area contributed by atoms with Gasteiger partial charge in [0.05, 0.1) is 0 Å². The molecule has 1 aromatic carbocycles. The quantitative estimate of drug-likeness (QED) is 0.727. The number of benzene rings is 1. The lowest BCUT2D eigenvalue weighted by molar-refractivity contribution is -0.130. The van der Waals surface area contributed by atoms with Crippen molar-refractivity contribution in [1.82, 2.24) is 10.6 Å². The van der Waals surface area contributed by atoms with Gasteiger partial charge in [-0.05, 0) is 12.5 Å². The molecule has 1 rings (SSSR count). The Morgan fingerprint density at radius 1 is 1.15 bits per heavy atom. The maximum absolute atomic E-state index is 11.8. The number of amides is 2. The van der Waals surface area contributed by atoms with Crippen LogP contribution in [0.5, 0.6) is 0 Å². The molecule has 2 atom stereocenters. The minimum absolute atomic E-state index is 0. The summed E-state index contributed by atoms with van der Waals surface area (Å²) < 4.78 is 0. The zero-order valence-corrected chi connectivity index (χ0v) is 12.6. The van der Waals surface area contributed by atoms with E-state index in [4.69, 9.17) is 5.73 Å². The molecule has 0 fully saturated rings. The van der Waals surface area contributed by atoms with Crippen molar-refractivity contribution >= 4 is 24.2 Å². The van der Waals surface area contributed by atoms with Crippen molar-refractivity contribution < 1.29 is 9.59 Å². The second-order valence-corrected chi connectivity index (χ2v) is 4.57. The molecule has 2 amide bonds. The fourth-order valence-electron chi connectivity index (χ4n) is 1.47. The molecule has 0 saturated carbocycles. The molecule has 0 aliphatic rings. The van der Waals surface area contributed by atoms with Gasteiger partial charge in [-0.2, -0.15) is 0 Å². The lowest BCUT2D eigenvalue weighted by Crippen LogP contribution is -2.47. The third-order valence-electron chi connectivity index (χ3n) is 2.86. The van der Waals surface area contributed by atoms with Crippen LogP contribution in [0.3, 0.4) is 0 Å². The van der Waals surface area contributed by atoms with Crippen LogP contribution >= 0.6 is 12.4 Å². The summed E-state index contributed by atoms with van der Waals surface area (Å²) in [5.74, 6) is -0.698. The minimum atomic E-state index is -0.565. The number of nitrogens with one attached hydrogen (secondary N) is 2. The van der Waals surface area contributed by atoms with E-state index in [2.05, 4.69) is 10.6 Å². The molecule has 2 unspecified atom stereocenters. The van der Waals surface area contributed by atoms with Crippen LogP contribution in [0.2, 0.25) is 0 Å². The number of nitrogens with two attached hydrogens (primary N) is 1. The molecule has 0 aliphatic heterocycles. The second-order valence-electron chi connectivity index (χ2n) is 4.57. The number of halogens is 1. The summed E-state index contributed by atoms with van der Waals surface area (Å²) in [4.78, 5) is 23.4. The van der Waals surface area contributed by atoms with Crippen LogP contribution < -0.4 is 16.4 Å². The Morgan fingerprint density at radius 3 is 2.30 bits per heavy atom. The van der Waals surface area contributed by atoms with E-state index in [1.165, 1.54) is 0 Å². The summed E-state index contributed by atoms with van der Waals surface area (Å²) in [5, 5.41) is 5.41. The Hall–Kier alpha value is -1.59. The van der Waals surface area contributed by atoms with Crippen LogP contribution in [0.4, 0.5) is 0 Å². The summed E-state index contributed by atoms with van der Waals surface area (Å²) >= 11 is 0. The van der Waals surface area contributed by atoms with E-state index in [1.807, 2.05) is 30.3 Å². The molecule has 6 heteroatoms. The van der Waals surface area contributed by atoms with Gasteiger partial charge >= 0.3 is 0 Å². The fraction of sp³-hybridized carbons (Fsp3) is 0.429. The SMILES string of the molecule is CC(CN)C(=O)NC(C)C(=O)NCc1ccccc1.Cl. The average molecular weight is 300 g/mol. The highest BCUT2D eigenvalue weighted by atomic mass is 35.5. The lowest BCUT2D eigenvalue weighted by Gasteiger charge is -2.16. The standard InChI is InChI=1S/C14H21N3O2.ClH/c1-10(8-15)13(18)17-11(2)14(19)16-9-12-6-4-3-5-7-12;/h3-7,10-11H,8-9,15H2,1-2H3,(H,16,19)(H,17,18);1H. The highest BCUT2D eigenvalue weighted by molar-refractivity contribution is 5.88. The molecule has 112 valence electrons. The molecule has 0 aromatic heterocycles. The van der Waals surface area contributed by atoms with Crippen LogP contribution in [0.1, 0.15) is 19.4 Å². The minimum Gasteiger partial charge on any atom is -0.350 e. The summed E-state index contributed by atoms with van der Waals surface area (Å²) in [5.41, 5.74) is 6.42. The molecule has 0 heterocycles. The zero-order valence-electron chi connectivity index (χ0n) is 11.8. The molecule has 0 radical (unpaired) electrons. The summed E-state index contributed by atoms with van der Waals surface area (Å²) in [6.45, 7) is 4.10. The summed E-state index contributed by atoms with van der Waals surface area (Å²) in [7, 11) is 0. The third-order valence-corrected chi connectivity index (χ3v) is 2.86. The lowest BCUT2D eigenvalue weighted by atomic mass is 10.1. The van der Waals surface area contributed by atoms with E-state index in [0.717, 1.165) is 5.56 Å². The Kier molecular flexibility index (Phi) is 8.59. The topological polar surface area (TPSA) is 84.2 Å². The number of rotatable bonds is 6. The molecular formula is C14H22ClN3O2. The molecule has 0 aliphatic carbocycles. The van der Waals surface area contributed by atoms with Gasteiger partial charge in [-0.25, -0.2) is 0 Å². The highest BCUT2D eigenvalue weighted by Crippen LogP contribution is 1.98. The number of hydrogen-bond donors (Lipinski definition) is 3. The first kappa shape index (κ1) is 18.4. The van der Waals surface area contributed by atoms with Crippen molar-refractivity contribution in [3.63, 3.8) is 0 Å². The van der Waals surface area contributed by atoms with Crippen molar-refractivity contribution in [2.75, 3.05) is 6.54 Å². The van der Waals surface area contributed by atoms with E-state index >= 15 is 0 Å². The van der Waals surface area contributed by atoms with Gasteiger partial charge in [0.15, 0.2) is 0 Å². The number of carbonyl (C=O) groups is 2. The van der Waals surface area contributed by atoms with Crippen molar-refractivity contribution in [2.24, 2.45) is 11.7 Å². The Labute approximate surface area is 125 Å². The van der Waals surface area contributed by atoms with Gasteiger partial charge in [-0.3, -0.25) is 9.59 Å². The average Bonchev–Trinajstić information content (AvgIpc) is 2.44. The van der Waals surface area contributed by atoms with E-state index in [9.17, 15) is 9.59 Å². The van der Waals surface area contributed by atoms with Gasteiger partial charge < -0.3 is 16.4 Å². The van der Waals surface area contributed by atoms with Gasteiger partial charge in [0, 0.05) is 19.0 Å². The van der Waals surface area contributed by atoms with Crippen LogP contribution in [0.15, 0.2) is 30.3 Å². The van der Waals surface area contributed by atoms with Gasteiger partial charge in [0.25, 0.3) is 0 Å². The third kappa shape index (κ3) is 6.04. The van der Waals surface area contributed by atoms with Crippen LogP contribution in [0, 0.1) is 5.92 Å². The van der Waals surface area contributed by atoms with Crippen molar-refractivity contribution in [3.8, 4) is 0 Å². The van der Waals surface area contributed by atoms with Crippen LogP contribution in [-0.2, 0) is 16.1 Å². The molecule has 0 bridgehead atoms. The van der Waals surface area contributed by atoms with E-state index in [0.29, 0.717) is 6.54 Å². The van der Waals surface area contributed by atoms with Crippen molar-refractivity contribution in [2.45, 2.75) is 26.4 Å². The Morgan fingerprint density at radius 2 is 1.75 bits per heavy atom. The second kappa shape index (κ2) is 9.34. The van der Waals surface area contributed by atoms with Gasteiger partial charge in [0.2, 0.25) is 11.8 Å². The molecule has 0 spiro atoms. The molecule has 1 aromatic rings. The normalized spacial score (nSPS) is 12.8. The van der Waals surface area contributed by atoms with Gasteiger partial charge in [-0.1, -0.05) is 37.3 Å². The maximum Gasteiger partial charge on any atom is 0.242 e. The molecule has 20 heavy (non-hydrogen) atoms. The predicted molar refractivity (Wildman–Crippen MR) is 81.4 cm³/mol. The van der Waals surface area contributed by atoms with Crippen molar-refractivity contribution in [1.29, 1.82) is 0 Å². The number of hydrogen-bond acceptors (Lipinski definition) is 3. The first-order valence-corrected chi connectivity index (χ1v) is 6.36. The first-order chi connectivity index (χ1) is 9.04. The first-order valence-electron chi connectivity index (χ1n) is 6.36. The molecule has 5 nitrogen and oxygen atoms in total. The zero-order chi connectivity index (χ0) is 14.3. The fourth-order valence-corrected chi connectivity index (χ4v) is 1.47.